The Kier molecular flexibility index (Phi) is 4.92. The third kappa shape index (κ3) is 3.39. The lowest BCUT2D eigenvalue weighted by molar-refractivity contribution is 0.0596. The Balaban J connectivity index is 2.36. The average molecular weight is 363 g/mol. The van der Waals surface area contributed by atoms with Crippen molar-refractivity contribution < 1.29 is 14.3 Å². The van der Waals surface area contributed by atoms with E-state index in [9.17, 15) is 4.79 Å². The van der Waals surface area contributed by atoms with E-state index < -0.39 is 5.97 Å². The highest BCUT2D eigenvalue weighted by atomic mass is 16.5. The van der Waals surface area contributed by atoms with Crippen LogP contribution in [0, 0.1) is 6.92 Å². The first kappa shape index (κ1) is 18.9. The molecule has 1 aromatic heterocycles. The number of ether oxygens (including phenoxy) is 2. The van der Waals surface area contributed by atoms with Crippen LogP contribution < -0.4 is 4.74 Å². The second-order valence-corrected chi connectivity index (χ2v) is 7.66. The fourth-order valence-corrected chi connectivity index (χ4v) is 3.39. The SMILES string of the molecule is COC(=O)c1c(C)c(-c2cnc3ccccc3c2)cc(C(C)(C)C)c1OC. The molecule has 0 saturated carbocycles. The summed E-state index contributed by atoms with van der Waals surface area (Å²) in [5.41, 5.74) is 4.90. The summed E-state index contributed by atoms with van der Waals surface area (Å²) in [5, 5.41) is 1.06. The van der Waals surface area contributed by atoms with Gasteiger partial charge in [0, 0.05) is 22.7 Å². The number of aromatic nitrogens is 1. The molecule has 0 spiro atoms. The summed E-state index contributed by atoms with van der Waals surface area (Å²) in [6.45, 7) is 8.22. The summed E-state index contributed by atoms with van der Waals surface area (Å²) in [6.07, 6.45) is 1.85. The molecule has 0 aliphatic carbocycles. The first-order chi connectivity index (χ1) is 12.8. The molecule has 0 saturated heterocycles. The highest BCUT2D eigenvalue weighted by Gasteiger charge is 2.28. The summed E-state index contributed by atoms with van der Waals surface area (Å²) >= 11 is 0. The Labute approximate surface area is 160 Å². The maximum atomic E-state index is 12.6. The highest BCUT2D eigenvalue weighted by Crippen LogP contribution is 2.41. The number of hydrogen-bond acceptors (Lipinski definition) is 4. The fraction of sp³-hybridized carbons (Fsp3) is 0.304. The van der Waals surface area contributed by atoms with Crippen LogP contribution in [0.25, 0.3) is 22.0 Å². The van der Waals surface area contributed by atoms with Crippen LogP contribution in [0.15, 0.2) is 42.6 Å². The lowest BCUT2D eigenvalue weighted by Gasteiger charge is -2.26. The molecule has 3 rings (SSSR count). The number of para-hydroxylation sites is 1. The second-order valence-electron chi connectivity index (χ2n) is 7.66. The minimum atomic E-state index is -0.398. The second kappa shape index (κ2) is 7.03. The normalized spacial score (nSPS) is 11.5. The van der Waals surface area contributed by atoms with Gasteiger partial charge >= 0.3 is 5.97 Å². The highest BCUT2D eigenvalue weighted by molar-refractivity contribution is 5.98. The third-order valence-electron chi connectivity index (χ3n) is 4.84. The van der Waals surface area contributed by atoms with Gasteiger partial charge in [0.05, 0.1) is 19.7 Å². The number of methoxy groups -OCH3 is 2. The third-order valence-corrected chi connectivity index (χ3v) is 4.84. The largest absolute Gasteiger partial charge is 0.496 e. The lowest BCUT2D eigenvalue weighted by atomic mass is 9.81. The first-order valence-corrected chi connectivity index (χ1v) is 8.93. The van der Waals surface area contributed by atoms with Gasteiger partial charge in [0.2, 0.25) is 0 Å². The van der Waals surface area contributed by atoms with Crippen molar-refractivity contribution in [1.29, 1.82) is 0 Å². The van der Waals surface area contributed by atoms with E-state index in [1.165, 1.54) is 7.11 Å². The van der Waals surface area contributed by atoms with E-state index in [-0.39, 0.29) is 5.41 Å². The van der Waals surface area contributed by atoms with Gasteiger partial charge in [-0.1, -0.05) is 39.0 Å². The Morgan fingerprint density at radius 1 is 1.07 bits per heavy atom. The minimum Gasteiger partial charge on any atom is -0.496 e. The molecule has 27 heavy (non-hydrogen) atoms. The predicted molar refractivity (Wildman–Crippen MR) is 109 cm³/mol. The van der Waals surface area contributed by atoms with Crippen LogP contribution >= 0.6 is 0 Å². The van der Waals surface area contributed by atoms with Crippen molar-refractivity contribution in [1.82, 2.24) is 4.98 Å². The van der Waals surface area contributed by atoms with Gasteiger partial charge < -0.3 is 9.47 Å². The van der Waals surface area contributed by atoms with Crippen LogP contribution in [0.4, 0.5) is 0 Å². The van der Waals surface area contributed by atoms with Crippen molar-refractivity contribution in [3.8, 4) is 16.9 Å². The molecular formula is C23H25NO3. The molecule has 0 unspecified atom stereocenters. The van der Waals surface area contributed by atoms with Gasteiger partial charge in [-0.25, -0.2) is 4.79 Å². The summed E-state index contributed by atoms with van der Waals surface area (Å²) in [7, 11) is 2.98. The standard InChI is InChI=1S/C23H25NO3/c1-14-17(16-11-15-9-7-8-10-19(15)24-13-16)12-18(23(2,3)4)21(26-5)20(14)22(25)27-6/h7-13H,1-6H3. The summed E-state index contributed by atoms with van der Waals surface area (Å²) in [5.74, 6) is 0.176. The summed E-state index contributed by atoms with van der Waals surface area (Å²) in [4.78, 5) is 17.2. The molecule has 140 valence electrons. The molecule has 0 amide bonds. The topological polar surface area (TPSA) is 48.4 Å². The van der Waals surface area contributed by atoms with Crippen molar-refractivity contribution >= 4 is 16.9 Å². The molecule has 0 fully saturated rings. The van der Waals surface area contributed by atoms with Crippen molar-refractivity contribution in [2.45, 2.75) is 33.1 Å². The van der Waals surface area contributed by atoms with E-state index in [4.69, 9.17) is 9.47 Å². The van der Waals surface area contributed by atoms with Crippen molar-refractivity contribution in [3.63, 3.8) is 0 Å². The zero-order chi connectivity index (χ0) is 19.8. The van der Waals surface area contributed by atoms with Gasteiger partial charge in [0.1, 0.15) is 11.3 Å². The smallest absolute Gasteiger partial charge is 0.341 e. The molecule has 0 N–H and O–H groups in total. The number of nitrogens with zero attached hydrogens (tertiary/aromatic N) is 1. The molecule has 2 aromatic carbocycles. The number of esters is 1. The van der Waals surface area contributed by atoms with Crippen molar-refractivity contribution in [2.75, 3.05) is 14.2 Å². The van der Waals surface area contributed by atoms with E-state index >= 15 is 0 Å². The van der Waals surface area contributed by atoms with Crippen molar-refractivity contribution in [3.05, 3.63) is 59.3 Å². The number of pyridine rings is 1. The zero-order valence-corrected chi connectivity index (χ0v) is 16.7. The Hall–Kier alpha value is -2.88. The first-order valence-electron chi connectivity index (χ1n) is 8.93. The van der Waals surface area contributed by atoms with Gasteiger partial charge in [-0.05, 0) is 41.7 Å². The number of rotatable bonds is 3. The average Bonchev–Trinajstić information content (AvgIpc) is 2.65. The van der Waals surface area contributed by atoms with Crippen LogP contribution in [-0.4, -0.2) is 25.2 Å². The maximum absolute atomic E-state index is 12.6. The number of hydrogen-bond donors (Lipinski definition) is 0. The van der Waals surface area contributed by atoms with Gasteiger partial charge in [-0.3, -0.25) is 4.98 Å². The Morgan fingerprint density at radius 3 is 2.41 bits per heavy atom. The molecule has 0 atom stereocenters. The lowest BCUT2D eigenvalue weighted by Crippen LogP contribution is -2.17. The van der Waals surface area contributed by atoms with Crippen LogP contribution in [0.1, 0.15) is 42.3 Å². The molecule has 3 aromatic rings. The fourth-order valence-electron chi connectivity index (χ4n) is 3.39. The van der Waals surface area contributed by atoms with Gasteiger partial charge in [0.15, 0.2) is 0 Å². The van der Waals surface area contributed by atoms with Gasteiger partial charge in [-0.2, -0.15) is 0 Å². The number of fused-ring (bicyclic) bond motifs is 1. The Bertz CT molecular complexity index is 1020. The zero-order valence-electron chi connectivity index (χ0n) is 16.7. The number of carbonyl (C=O) groups excluding carboxylic acids is 1. The summed E-state index contributed by atoms with van der Waals surface area (Å²) < 4.78 is 10.7. The van der Waals surface area contributed by atoms with Crippen LogP contribution in [0.2, 0.25) is 0 Å². The Morgan fingerprint density at radius 2 is 1.78 bits per heavy atom. The molecule has 4 heteroatoms. The number of carbonyl (C=O) groups is 1. The van der Waals surface area contributed by atoms with E-state index in [1.54, 1.807) is 7.11 Å². The predicted octanol–water partition coefficient (Wildman–Crippen LogP) is 5.30. The van der Waals surface area contributed by atoms with Crippen molar-refractivity contribution in [2.24, 2.45) is 0 Å². The van der Waals surface area contributed by atoms with E-state index in [1.807, 2.05) is 37.4 Å². The molecule has 0 aliphatic heterocycles. The molecular weight excluding hydrogens is 338 g/mol. The molecule has 0 aliphatic rings. The van der Waals surface area contributed by atoms with E-state index in [2.05, 4.69) is 37.9 Å². The monoisotopic (exact) mass is 363 g/mol. The molecule has 1 heterocycles. The van der Waals surface area contributed by atoms with E-state index in [0.717, 1.165) is 33.2 Å². The molecule has 0 radical (unpaired) electrons. The van der Waals surface area contributed by atoms with Gasteiger partial charge in [-0.15, -0.1) is 0 Å². The van der Waals surface area contributed by atoms with E-state index in [0.29, 0.717) is 11.3 Å². The van der Waals surface area contributed by atoms with Gasteiger partial charge in [0.25, 0.3) is 0 Å². The molecule has 0 bridgehead atoms. The minimum absolute atomic E-state index is 0.207. The molecule has 4 nitrogen and oxygen atoms in total. The van der Waals surface area contributed by atoms with Crippen LogP contribution in [0.5, 0.6) is 5.75 Å². The van der Waals surface area contributed by atoms with Crippen LogP contribution in [0.3, 0.4) is 0 Å². The quantitative estimate of drug-likeness (QED) is 0.592. The number of benzene rings is 2. The van der Waals surface area contributed by atoms with Crippen LogP contribution in [-0.2, 0) is 10.2 Å². The maximum Gasteiger partial charge on any atom is 0.341 e. The summed E-state index contributed by atoms with van der Waals surface area (Å²) in [6, 6.07) is 12.2.